The highest BCUT2D eigenvalue weighted by atomic mass is 16.7. The van der Waals surface area contributed by atoms with Crippen LogP contribution in [0.2, 0.25) is 0 Å². The van der Waals surface area contributed by atoms with Gasteiger partial charge in [-0.15, -0.1) is 0 Å². The van der Waals surface area contributed by atoms with Crippen LogP contribution in [-0.4, -0.2) is 49.3 Å². The summed E-state index contributed by atoms with van der Waals surface area (Å²) in [6.07, 6.45) is -2.81. The summed E-state index contributed by atoms with van der Waals surface area (Å²) in [5.74, 6) is -0.976. The second-order valence-electron chi connectivity index (χ2n) is 6.49. The molecule has 0 aliphatic carbocycles. The Kier molecular flexibility index (Phi) is 8.22. The summed E-state index contributed by atoms with van der Waals surface area (Å²) in [4.78, 5) is 23.2. The van der Waals surface area contributed by atoms with Crippen molar-refractivity contribution >= 4 is 11.9 Å². The van der Waals surface area contributed by atoms with Gasteiger partial charge in [0.2, 0.25) is 0 Å². The Labute approximate surface area is 159 Å². The van der Waals surface area contributed by atoms with Gasteiger partial charge in [-0.1, -0.05) is 37.3 Å². The highest BCUT2D eigenvalue weighted by Gasteiger charge is 2.49. The van der Waals surface area contributed by atoms with Crippen LogP contribution in [0, 0.1) is 0 Å². The van der Waals surface area contributed by atoms with E-state index in [-0.39, 0.29) is 6.61 Å². The molecular weight excluding hydrogens is 352 g/mol. The molecule has 27 heavy (non-hydrogen) atoms. The number of carbonyl (C=O) groups excluding carboxylic acids is 2. The first-order valence-electron chi connectivity index (χ1n) is 9.19. The topological polar surface area (TPSA) is 80.3 Å². The van der Waals surface area contributed by atoms with Gasteiger partial charge >= 0.3 is 11.9 Å². The molecule has 0 amide bonds. The molecule has 0 aromatic heterocycles. The Bertz CT molecular complexity index is 604. The number of benzene rings is 1. The summed E-state index contributed by atoms with van der Waals surface area (Å²) < 4.78 is 28.6. The minimum absolute atomic E-state index is 0.278. The maximum atomic E-state index is 11.7. The van der Waals surface area contributed by atoms with Crippen LogP contribution in [0.25, 0.3) is 0 Å². The zero-order valence-electron chi connectivity index (χ0n) is 16.3. The van der Waals surface area contributed by atoms with Crippen LogP contribution in [0.5, 0.6) is 0 Å². The molecule has 7 heteroatoms. The first-order valence-corrected chi connectivity index (χ1v) is 9.19. The lowest BCUT2D eigenvalue weighted by molar-refractivity contribution is -0.308. The number of carbonyl (C=O) groups is 2. The standard InChI is InChI=1S/C20H28O7/c1-5-11-23-20-19(24-12-16-9-7-6-8-10-16)18(27-15(4)22)17(13(2)25-20)26-14(3)21/h6-10,13,17-20H,5,11-12H2,1-4H3/t13-,17+,18+,19-,20-/m0/s1. The summed E-state index contributed by atoms with van der Waals surface area (Å²) in [6, 6.07) is 9.60. The van der Waals surface area contributed by atoms with E-state index in [1.54, 1.807) is 6.92 Å². The molecule has 1 heterocycles. The fourth-order valence-electron chi connectivity index (χ4n) is 2.96. The van der Waals surface area contributed by atoms with Crippen LogP contribution in [-0.2, 0) is 39.9 Å². The fraction of sp³-hybridized carbons (Fsp3) is 0.600. The fourth-order valence-corrected chi connectivity index (χ4v) is 2.96. The van der Waals surface area contributed by atoms with E-state index in [1.807, 2.05) is 37.3 Å². The van der Waals surface area contributed by atoms with Gasteiger partial charge in [0.05, 0.1) is 12.7 Å². The molecule has 1 aliphatic rings. The Balaban J connectivity index is 2.24. The largest absolute Gasteiger partial charge is 0.456 e. The van der Waals surface area contributed by atoms with Crippen LogP contribution in [0.4, 0.5) is 0 Å². The van der Waals surface area contributed by atoms with Gasteiger partial charge in [0.25, 0.3) is 0 Å². The number of hydrogen-bond acceptors (Lipinski definition) is 7. The summed E-state index contributed by atoms with van der Waals surface area (Å²) >= 11 is 0. The molecule has 0 spiro atoms. The van der Waals surface area contributed by atoms with Gasteiger partial charge in [0.1, 0.15) is 6.10 Å². The molecule has 0 saturated carbocycles. The molecular formula is C20H28O7. The molecule has 150 valence electrons. The van der Waals surface area contributed by atoms with Crippen molar-refractivity contribution in [2.24, 2.45) is 0 Å². The summed E-state index contributed by atoms with van der Waals surface area (Å²) in [5.41, 5.74) is 0.955. The molecule has 2 rings (SSSR count). The average molecular weight is 380 g/mol. The first-order chi connectivity index (χ1) is 12.9. The monoisotopic (exact) mass is 380 g/mol. The van der Waals surface area contributed by atoms with Gasteiger partial charge in [-0.2, -0.15) is 0 Å². The first kappa shape index (κ1) is 21.3. The Morgan fingerprint density at radius 2 is 1.59 bits per heavy atom. The summed E-state index contributed by atoms with van der Waals surface area (Å²) in [5, 5.41) is 0. The quantitative estimate of drug-likeness (QED) is 0.641. The maximum Gasteiger partial charge on any atom is 0.303 e. The maximum absolute atomic E-state index is 11.7. The molecule has 0 unspecified atom stereocenters. The minimum Gasteiger partial charge on any atom is -0.456 e. The van der Waals surface area contributed by atoms with Crippen molar-refractivity contribution in [1.29, 1.82) is 0 Å². The number of ether oxygens (including phenoxy) is 5. The zero-order valence-corrected chi connectivity index (χ0v) is 16.3. The summed E-state index contributed by atoms with van der Waals surface area (Å²) in [7, 11) is 0. The van der Waals surface area contributed by atoms with E-state index in [1.165, 1.54) is 13.8 Å². The van der Waals surface area contributed by atoms with E-state index < -0.39 is 42.6 Å². The van der Waals surface area contributed by atoms with Crippen molar-refractivity contribution in [3.63, 3.8) is 0 Å². The molecule has 1 aromatic rings. The lowest BCUT2D eigenvalue weighted by Gasteiger charge is -2.43. The van der Waals surface area contributed by atoms with E-state index in [0.717, 1.165) is 12.0 Å². The second kappa shape index (κ2) is 10.4. The number of rotatable bonds is 8. The van der Waals surface area contributed by atoms with Crippen molar-refractivity contribution in [1.82, 2.24) is 0 Å². The highest BCUT2D eigenvalue weighted by molar-refractivity contribution is 5.67. The van der Waals surface area contributed by atoms with Crippen LogP contribution in [0.1, 0.15) is 39.7 Å². The van der Waals surface area contributed by atoms with Gasteiger partial charge in [-0.3, -0.25) is 9.59 Å². The van der Waals surface area contributed by atoms with Crippen LogP contribution >= 0.6 is 0 Å². The van der Waals surface area contributed by atoms with E-state index in [4.69, 9.17) is 23.7 Å². The van der Waals surface area contributed by atoms with Crippen molar-refractivity contribution in [2.75, 3.05) is 6.61 Å². The average Bonchev–Trinajstić information content (AvgIpc) is 2.62. The third kappa shape index (κ3) is 6.30. The number of esters is 2. The van der Waals surface area contributed by atoms with Crippen molar-refractivity contribution < 1.29 is 33.3 Å². The molecule has 0 bridgehead atoms. The van der Waals surface area contributed by atoms with Crippen LogP contribution < -0.4 is 0 Å². The third-order valence-corrected chi connectivity index (χ3v) is 4.10. The van der Waals surface area contributed by atoms with Crippen LogP contribution in [0.3, 0.4) is 0 Å². The normalized spacial score (nSPS) is 27.8. The molecule has 1 saturated heterocycles. The van der Waals surface area contributed by atoms with Crippen molar-refractivity contribution in [3.8, 4) is 0 Å². The highest BCUT2D eigenvalue weighted by Crippen LogP contribution is 2.29. The molecule has 0 N–H and O–H groups in total. The van der Waals surface area contributed by atoms with Gasteiger partial charge in [0, 0.05) is 20.5 Å². The van der Waals surface area contributed by atoms with Gasteiger partial charge in [-0.25, -0.2) is 0 Å². The lowest BCUT2D eigenvalue weighted by Crippen LogP contribution is -2.60. The Hall–Kier alpha value is -1.96. The van der Waals surface area contributed by atoms with Gasteiger partial charge in [0.15, 0.2) is 18.5 Å². The van der Waals surface area contributed by atoms with Gasteiger partial charge < -0.3 is 23.7 Å². The van der Waals surface area contributed by atoms with Crippen molar-refractivity contribution in [2.45, 2.75) is 71.4 Å². The van der Waals surface area contributed by atoms with E-state index in [0.29, 0.717) is 6.61 Å². The molecule has 0 radical (unpaired) electrons. The Morgan fingerprint density at radius 3 is 2.19 bits per heavy atom. The Morgan fingerprint density at radius 1 is 0.963 bits per heavy atom. The van der Waals surface area contributed by atoms with E-state index in [9.17, 15) is 9.59 Å². The third-order valence-electron chi connectivity index (χ3n) is 4.10. The molecule has 5 atom stereocenters. The molecule has 1 aliphatic heterocycles. The van der Waals surface area contributed by atoms with Crippen LogP contribution in [0.15, 0.2) is 30.3 Å². The van der Waals surface area contributed by atoms with E-state index in [2.05, 4.69) is 0 Å². The lowest BCUT2D eigenvalue weighted by atomic mass is 9.98. The zero-order chi connectivity index (χ0) is 19.8. The summed E-state index contributed by atoms with van der Waals surface area (Å²) in [6.45, 7) is 7.09. The smallest absolute Gasteiger partial charge is 0.303 e. The predicted octanol–water partition coefficient (Wildman–Crippen LogP) is 2.61. The predicted molar refractivity (Wildman–Crippen MR) is 96.7 cm³/mol. The minimum atomic E-state index is -0.833. The molecule has 7 nitrogen and oxygen atoms in total. The van der Waals surface area contributed by atoms with Gasteiger partial charge in [-0.05, 0) is 18.9 Å². The number of hydrogen-bond donors (Lipinski definition) is 0. The SMILES string of the molecule is CCCO[C@H]1O[C@@H](C)[C@@H](OC(C)=O)[C@@H](OC(C)=O)[C@@H]1OCc1ccccc1. The van der Waals surface area contributed by atoms with Crippen molar-refractivity contribution in [3.05, 3.63) is 35.9 Å². The molecule has 1 aromatic carbocycles. The van der Waals surface area contributed by atoms with E-state index >= 15 is 0 Å². The molecule has 1 fully saturated rings. The second-order valence-corrected chi connectivity index (χ2v) is 6.49.